The first kappa shape index (κ1) is 10.8. The van der Waals surface area contributed by atoms with E-state index in [9.17, 15) is 0 Å². The Morgan fingerprint density at radius 1 is 1.29 bits per heavy atom. The summed E-state index contributed by atoms with van der Waals surface area (Å²) in [4.78, 5) is 2.52. The van der Waals surface area contributed by atoms with E-state index in [2.05, 4.69) is 24.6 Å². The highest BCUT2D eigenvalue weighted by molar-refractivity contribution is 7.80. The van der Waals surface area contributed by atoms with Gasteiger partial charge in [-0.2, -0.15) is 12.6 Å². The monoisotopic (exact) mass is 213 g/mol. The van der Waals surface area contributed by atoms with Gasteiger partial charge in [0.2, 0.25) is 0 Å². The standard InChI is InChI=1S/C12H23NS/c1-13(5-2-6-14)9-12-8-10-3-4-11(12)7-10/h10-12,14H,2-9H2,1H3. The molecule has 0 aromatic carbocycles. The molecule has 0 amide bonds. The zero-order valence-corrected chi connectivity index (χ0v) is 10.2. The van der Waals surface area contributed by atoms with Crippen molar-refractivity contribution in [3.8, 4) is 0 Å². The molecule has 82 valence electrons. The molecule has 2 aliphatic rings. The van der Waals surface area contributed by atoms with Crippen molar-refractivity contribution in [3.05, 3.63) is 0 Å². The van der Waals surface area contributed by atoms with Crippen LogP contribution >= 0.6 is 12.6 Å². The van der Waals surface area contributed by atoms with Gasteiger partial charge < -0.3 is 4.90 Å². The molecule has 0 aromatic heterocycles. The summed E-state index contributed by atoms with van der Waals surface area (Å²) in [6, 6.07) is 0. The third-order valence-corrected chi connectivity index (χ3v) is 4.44. The minimum absolute atomic E-state index is 1.03. The molecule has 0 spiro atoms. The molecule has 2 bridgehead atoms. The van der Waals surface area contributed by atoms with Crippen molar-refractivity contribution in [2.24, 2.45) is 17.8 Å². The predicted octanol–water partition coefficient (Wildman–Crippen LogP) is 2.67. The Bertz CT molecular complexity index is 183. The molecule has 14 heavy (non-hydrogen) atoms. The first-order valence-electron chi connectivity index (χ1n) is 6.09. The maximum absolute atomic E-state index is 4.26. The second-order valence-electron chi connectivity index (χ2n) is 5.27. The van der Waals surface area contributed by atoms with Crippen LogP contribution in [0.25, 0.3) is 0 Å². The van der Waals surface area contributed by atoms with Crippen molar-refractivity contribution in [3.63, 3.8) is 0 Å². The van der Waals surface area contributed by atoms with Gasteiger partial charge in [-0.1, -0.05) is 6.42 Å². The fourth-order valence-electron chi connectivity index (χ4n) is 3.43. The third kappa shape index (κ3) is 2.46. The number of nitrogens with zero attached hydrogens (tertiary/aromatic N) is 1. The fourth-order valence-corrected chi connectivity index (χ4v) is 3.57. The van der Waals surface area contributed by atoms with Gasteiger partial charge >= 0.3 is 0 Å². The lowest BCUT2D eigenvalue weighted by molar-refractivity contribution is 0.220. The van der Waals surface area contributed by atoms with Crippen LogP contribution in [0.1, 0.15) is 32.1 Å². The van der Waals surface area contributed by atoms with Gasteiger partial charge in [0.15, 0.2) is 0 Å². The Balaban J connectivity index is 1.70. The minimum Gasteiger partial charge on any atom is -0.306 e. The molecule has 0 saturated heterocycles. The molecule has 2 saturated carbocycles. The van der Waals surface area contributed by atoms with E-state index in [1.807, 2.05) is 0 Å². The minimum atomic E-state index is 1.03. The topological polar surface area (TPSA) is 3.24 Å². The van der Waals surface area contributed by atoms with Gasteiger partial charge in [-0.05, 0) is 62.8 Å². The first-order valence-corrected chi connectivity index (χ1v) is 6.72. The highest BCUT2D eigenvalue weighted by atomic mass is 32.1. The zero-order chi connectivity index (χ0) is 9.97. The van der Waals surface area contributed by atoms with E-state index < -0.39 is 0 Å². The summed E-state index contributed by atoms with van der Waals surface area (Å²) in [5, 5.41) is 0. The zero-order valence-electron chi connectivity index (χ0n) is 9.28. The summed E-state index contributed by atoms with van der Waals surface area (Å²) < 4.78 is 0. The van der Waals surface area contributed by atoms with E-state index in [0.717, 1.165) is 23.5 Å². The quantitative estimate of drug-likeness (QED) is 0.687. The van der Waals surface area contributed by atoms with Crippen molar-refractivity contribution in [1.82, 2.24) is 4.90 Å². The number of thiol groups is 1. The summed E-state index contributed by atoms with van der Waals surface area (Å²) in [5.74, 6) is 4.24. The molecule has 0 N–H and O–H groups in total. The summed E-state index contributed by atoms with van der Waals surface area (Å²) in [6.07, 6.45) is 7.36. The second-order valence-corrected chi connectivity index (χ2v) is 5.72. The third-order valence-electron chi connectivity index (χ3n) is 4.13. The number of hydrogen-bond donors (Lipinski definition) is 1. The van der Waals surface area contributed by atoms with Gasteiger partial charge in [0.25, 0.3) is 0 Å². The highest BCUT2D eigenvalue weighted by Crippen LogP contribution is 2.48. The summed E-state index contributed by atoms with van der Waals surface area (Å²) >= 11 is 4.26. The summed E-state index contributed by atoms with van der Waals surface area (Å²) in [5.41, 5.74) is 0. The van der Waals surface area contributed by atoms with Crippen molar-refractivity contribution in [2.75, 3.05) is 25.9 Å². The molecule has 0 aromatic rings. The molecule has 0 heterocycles. The number of hydrogen-bond acceptors (Lipinski definition) is 2. The Hall–Kier alpha value is 0.310. The van der Waals surface area contributed by atoms with Crippen LogP contribution in [0, 0.1) is 17.8 Å². The maximum atomic E-state index is 4.26. The van der Waals surface area contributed by atoms with E-state index in [4.69, 9.17) is 0 Å². The fraction of sp³-hybridized carbons (Fsp3) is 1.00. The van der Waals surface area contributed by atoms with E-state index in [1.165, 1.54) is 38.8 Å². The SMILES string of the molecule is CN(CCCS)CC1CC2CCC1C2. The van der Waals surface area contributed by atoms with Gasteiger partial charge in [-0.15, -0.1) is 0 Å². The van der Waals surface area contributed by atoms with Crippen LogP contribution < -0.4 is 0 Å². The predicted molar refractivity (Wildman–Crippen MR) is 64.9 cm³/mol. The van der Waals surface area contributed by atoms with Crippen LogP contribution in [0.15, 0.2) is 0 Å². The summed E-state index contributed by atoms with van der Waals surface area (Å²) in [6.45, 7) is 2.58. The first-order chi connectivity index (χ1) is 6.79. The molecule has 3 unspecified atom stereocenters. The van der Waals surface area contributed by atoms with Crippen LogP contribution in [0.4, 0.5) is 0 Å². The average Bonchev–Trinajstić information content (AvgIpc) is 2.76. The van der Waals surface area contributed by atoms with Crippen LogP contribution in [-0.2, 0) is 0 Å². The molecule has 2 rings (SSSR count). The Labute approximate surface area is 93.7 Å². The Kier molecular flexibility index (Phi) is 3.78. The van der Waals surface area contributed by atoms with E-state index in [-0.39, 0.29) is 0 Å². The largest absolute Gasteiger partial charge is 0.306 e. The van der Waals surface area contributed by atoms with Gasteiger partial charge in [0, 0.05) is 6.54 Å². The van der Waals surface area contributed by atoms with Crippen molar-refractivity contribution in [1.29, 1.82) is 0 Å². The smallest absolute Gasteiger partial charge is 0.000936 e. The molecular weight excluding hydrogens is 190 g/mol. The van der Waals surface area contributed by atoms with Crippen molar-refractivity contribution < 1.29 is 0 Å². The van der Waals surface area contributed by atoms with E-state index in [1.54, 1.807) is 6.42 Å². The molecule has 0 aliphatic heterocycles. The van der Waals surface area contributed by atoms with Crippen molar-refractivity contribution >= 4 is 12.6 Å². The molecule has 2 aliphatic carbocycles. The number of fused-ring (bicyclic) bond motifs is 2. The molecule has 2 fully saturated rings. The highest BCUT2D eigenvalue weighted by Gasteiger charge is 2.39. The van der Waals surface area contributed by atoms with Gasteiger partial charge in [0.1, 0.15) is 0 Å². The van der Waals surface area contributed by atoms with E-state index in [0.29, 0.717) is 0 Å². The van der Waals surface area contributed by atoms with Gasteiger partial charge in [-0.3, -0.25) is 0 Å². The van der Waals surface area contributed by atoms with Crippen molar-refractivity contribution in [2.45, 2.75) is 32.1 Å². The van der Waals surface area contributed by atoms with Gasteiger partial charge in [0.05, 0.1) is 0 Å². The normalized spacial score (nSPS) is 35.8. The van der Waals surface area contributed by atoms with Crippen LogP contribution in [0.2, 0.25) is 0 Å². The van der Waals surface area contributed by atoms with Gasteiger partial charge in [-0.25, -0.2) is 0 Å². The lowest BCUT2D eigenvalue weighted by Gasteiger charge is -2.27. The molecule has 1 nitrogen and oxygen atoms in total. The Morgan fingerprint density at radius 3 is 2.71 bits per heavy atom. The molecule has 3 atom stereocenters. The maximum Gasteiger partial charge on any atom is 0.000936 e. The lowest BCUT2D eigenvalue weighted by Crippen LogP contribution is -2.29. The van der Waals surface area contributed by atoms with Crippen LogP contribution in [0.3, 0.4) is 0 Å². The number of rotatable bonds is 5. The summed E-state index contributed by atoms with van der Waals surface area (Å²) in [7, 11) is 2.27. The second kappa shape index (κ2) is 4.89. The molecule has 0 radical (unpaired) electrons. The van der Waals surface area contributed by atoms with E-state index >= 15 is 0 Å². The van der Waals surface area contributed by atoms with Crippen LogP contribution in [0.5, 0.6) is 0 Å². The average molecular weight is 213 g/mol. The molecular formula is C12H23NS. The Morgan fingerprint density at radius 2 is 2.14 bits per heavy atom. The lowest BCUT2D eigenvalue weighted by atomic mass is 9.88. The van der Waals surface area contributed by atoms with Crippen LogP contribution in [-0.4, -0.2) is 30.8 Å². The molecule has 2 heteroatoms.